The zero-order valence-electron chi connectivity index (χ0n) is 14.6. The number of nitriles is 2. The van der Waals surface area contributed by atoms with Gasteiger partial charge in [-0.25, -0.2) is 4.98 Å². The van der Waals surface area contributed by atoms with E-state index in [1.165, 1.54) is 0 Å². The van der Waals surface area contributed by atoms with Gasteiger partial charge in [-0.3, -0.25) is 0 Å². The first-order valence-corrected chi connectivity index (χ1v) is 8.69. The van der Waals surface area contributed by atoms with Crippen LogP contribution in [-0.2, 0) is 12.8 Å². The smallest absolute Gasteiger partial charge is 0.142 e. The van der Waals surface area contributed by atoms with Gasteiger partial charge in [-0.15, -0.1) is 0 Å². The number of anilines is 1. The summed E-state index contributed by atoms with van der Waals surface area (Å²) in [5, 5.41) is 19.0. The van der Waals surface area contributed by atoms with Crippen molar-refractivity contribution in [1.82, 2.24) is 4.98 Å². The number of hydrogen-bond donors (Lipinski definition) is 2. The largest absolute Gasteiger partial charge is 0.456 e. The van der Waals surface area contributed by atoms with E-state index in [4.69, 9.17) is 15.9 Å². The number of pyridine rings is 1. The number of benzene rings is 1. The number of hydrogen-bond acceptors (Lipinski definition) is 6. The van der Waals surface area contributed by atoms with E-state index in [2.05, 4.69) is 17.1 Å². The van der Waals surface area contributed by atoms with E-state index in [-0.39, 0.29) is 11.9 Å². The maximum absolute atomic E-state index is 9.65. The second-order valence-electron chi connectivity index (χ2n) is 6.61. The Morgan fingerprint density at radius 2 is 1.85 bits per heavy atom. The molecule has 132 valence electrons. The molecule has 0 spiro atoms. The van der Waals surface area contributed by atoms with Gasteiger partial charge in [-0.1, -0.05) is 12.1 Å². The number of nitrogens with zero attached hydrogens (tertiary/aromatic N) is 3. The van der Waals surface area contributed by atoms with E-state index in [1.54, 1.807) is 24.3 Å². The summed E-state index contributed by atoms with van der Waals surface area (Å²) < 4.78 is 6.07. The van der Waals surface area contributed by atoms with Crippen molar-refractivity contribution in [3.05, 3.63) is 58.8 Å². The fourth-order valence-corrected chi connectivity index (χ4v) is 3.60. The molecule has 4 N–H and O–H groups in total. The molecule has 1 unspecified atom stereocenters. The number of aromatic nitrogens is 1. The monoisotopic (exact) mass is 355 g/mol. The topological polar surface area (TPSA) is 126 Å². The molecule has 0 bridgehead atoms. The van der Waals surface area contributed by atoms with Crippen LogP contribution in [0.5, 0.6) is 0 Å². The number of nitrogens with two attached hydrogens (primary N) is 2. The Labute approximate surface area is 156 Å². The van der Waals surface area contributed by atoms with Crippen molar-refractivity contribution in [2.24, 2.45) is 5.73 Å². The number of rotatable bonds is 2. The third kappa shape index (κ3) is 2.83. The van der Waals surface area contributed by atoms with Gasteiger partial charge in [-0.05, 0) is 49.1 Å². The first-order chi connectivity index (χ1) is 13.1. The molecule has 1 aliphatic rings. The van der Waals surface area contributed by atoms with Crippen molar-refractivity contribution in [2.45, 2.75) is 25.3 Å². The minimum atomic E-state index is 0.0157. The van der Waals surface area contributed by atoms with Crippen LogP contribution in [0.2, 0.25) is 0 Å². The lowest BCUT2D eigenvalue weighted by atomic mass is 9.86. The van der Waals surface area contributed by atoms with E-state index >= 15 is 0 Å². The molecule has 0 aliphatic heterocycles. The van der Waals surface area contributed by atoms with Crippen molar-refractivity contribution in [3.8, 4) is 34.8 Å². The predicted octanol–water partition coefficient (Wildman–Crippen LogP) is 3.15. The minimum Gasteiger partial charge on any atom is -0.456 e. The summed E-state index contributed by atoms with van der Waals surface area (Å²) >= 11 is 0. The lowest BCUT2D eigenvalue weighted by Crippen LogP contribution is -2.29. The normalized spacial score (nSPS) is 15.6. The molecule has 0 fully saturated rings. The van der Waals surface area contributed by atoms with Crippen molar-refractivity contribution in [2.75, 3.05) is 5.73 Å². The van der Waals surface area contributed by atoms with Gasteiger partial charge in [0.25, 0.3) is 0 Å². The molecule has 6 heteroatoms. The summed E-state index contributed by atoms with van der Waals surface area (Å²) in [5.41, 5.74) is 16.2. The van der Waals surface area contributed by atoms with E-state index in [0.29, 0.717) is 40.2 Å². The average Bonchev–Trinajstić information content (AvgIpc) is 3.16. The van der Waals surface area contributed by atoms with Gasteiger partial charge in [0.15, 0.2) is 0 Å². The fourth-order valence-electron chi connectivity index (χ4n) is 3.60. The molecule has 1 aliphatic carbocycles. The molecule has 3 aromatic rings. The number of nitrogen functional groups attached to an aromatic ring is 1. The van der Waals surface area contributed by atoms with Crippen LogP contribution in [0.1, 0.15) is 28.8 Å². The summed E-state index contributed by atoms with van der Waals surface area (Å²) in [6, 6.07) is 15.2. The van der Waals surface area contributed by atoms with Crippen LogP contribution < -0.4 is 11.5 Å². The molecule has 0 saturated heterocycles. The molecular formula is C21H17N5O. The molecule has 6 nitrogen and oxygen atoms in total. The Morgan fingerprint density at radius 1 is 1.07 bits per heavy atom. The van der Waals surface area contributed by atoms with Gasteiger partial charge in [-0.2, -0.15) is 10.5 Å². The van der Waals surface area contributed by atoms with Gasteiger partial charge in [0.05, 0.1) is 11.6 Å². The summed E-state index contributed by atoms with van der Waals surface area (Å²) in [4.78, 5) is 4.41. The minimum absolute atomic E-state index is 0.0157. The zero-order chi connectivity index (χ0) is 19.0. The lowest BCUT2D eigenvalue weighted by molar-refractivity contribution is 0.561. The maximum Gasteiger partial charge on any atom is 0.142 e. The van der Waals surface area contributed by atoms with Crippen molar-refractivity contribution in [1.29, 1.82) is 10.5 Å². The molecular weight excluding hydrogens is 338 g/mol. The summed E-state index contributed by atoms with van der Waals surface area (Å²) in [6.45, 7) is 0. The maximum atomic E-state index is 9.65. The first kappa shape index (κ1) is 16.8. The van der Waals surface area contributed by atoms with Crippen LogP contribution in [0.15, 0.2) is 40.8 Å². The lowest BCUT2D eigenvalue weighted by Gasteiger charge is -2.24. The van der Waals surface area contributed by atoms with Gasteiger partial charge >= 0.3 is 0 Å². The highest BCUT2D eigenvalue weighted by Crippen LogP contribution is 2.38. The summed E-state index contributed by atoms with van der Waals surface area (Å²) in [5.74, 6) is 1.31. The predicted molar refractivity (Wildman–Crippen MR) is 101 cm³/mol. The quantitative estimate of drug-likeness (QED) is 0.727. The first-order valence-electron chi connectivity index (χ1n) is 8.69. The Balaban J connectivity index is 1.91. The zero-order valence-corrected chi connectivity index (χ0v) is 14.6. The third-order valence-corrected chi connectivity index (χ3v) is 4.91. The Kier molecular flexibility index (Phi) is 4.12. The number of aryl methyl sites for hydroxylation is 1. The highest BCUT2D eigenvalue weighted by molar-refractivity contribution is 5.78. The summed E-state index contributed by atoms with van der Waals surface area (Å²) in [6.07, 6.45) is 2.19. The standard InChI is InChI=1S/C21H17N5O/c22-10-12-3-1-2-4-14(12)18-7-8-19(27-18)20-15-9-13(24)5-6-17(15)26-21(25)16(20)11-23/h1-4,7-8,13H,5-6,9,24H2,(H2,25,26). The molecule has 0 radical (unpaired) electrons. The van der Waals surface area contributed by atoms with Crippen LogP contribution in [0.3, 0.4) is 0 Å². The van der Waals surface area contributed by atoms with Gasteiger partial charge < -0.3 is 15.9 Å². The number of fused-ring (bicyclic) bond motifs is 1. The Morgan fingerprint density at radius 3 is 2.63 bits per heavy atom. The van der Waals surface area contributed by atoms with Crippen LogP contribution in [0.4, 0.5) is 5.82 Å². The Bertz CT molecular complexity index is 1120. The highest BCUT2D eigenvalue weighted by Gasteiger charge is 2.26. The molecule has 1 atom stereocenters. The highest BCUT2D eigenvalue weighted by atomic mass is 16.3. The molecule has 2 aromatic heterocycles. The SMILES string of the molecule is N#Cc1ccccc1-c1ccc(-c2c(C#N)c(N)nc3c2CC(N)CC3)o1. The molecule has 1 aromatic carbocycles. The summed E-state index contributed by atoms with van der Waals surface area (Å²) in [7, 11) is 0. The van der Waals surface area contributed by atoms with Crippen LogP contribution >= 0.6 is 0 Å². The van der Waals surface area contributed by atoms with Gasteiger partial charge in [0, 0.05) is 22.9 Å². The average molecular weight is 355 g/mol. The molecule has 0 saturated carbocycles. The molecule has 4 rings (SSSR count). The van der Waals surface area contributed by atoms with E-state index < -0.39 is 0 Å². The van der Waals surface area contributed by atoms with Crippen molar-refractivity contribution < 1.29 is 4.42 Å². The van der Waals surface area contributed by atoms with Crippen LogP contribution in [0.25, 0.3) is 22.6 Å². The van der Waals surface area contributed by atoms with Crippen molar-refractivity contribution in [3.63, 3.8) is 0 Å². The second-order valence-corrected chi connectivity index (χ2v) is 6.61. The third-order valence-electron chi connectivity index (χ3n) is 4.91. The van der Waals surface area contributed by atoms with E-state index in [0.717, 1.165) is 24.1 Å². The van der Waals surface area contributed by atoms with Gasteiger partial charge in [0.1, 0.15) is 29.0 Å². The van der Waals surface area contributed by atoms with E-state index in [9.17, 15) is 10.5 Å². The van der Waals surface area contributed by atoms with Crippen LogP contribution in [-0.4, -0.2) is 11.0 Å². The fraction of sp³-hybridized carbons (Fsp3) is 0.190. The van der Waals surface area contributed by atoms with Gasteiger partial charge in [0.2, 0.25) is 0 Å². The van der Waals surface area contributed by atoms with E-state index in [1.807, 2.05) is 12.1 Å². The molecule has 2 heterocycles. The Hall–Kier alpha value is -3.61. The van der Waals surface area contributed by atoms with Crippen LogP contribution in [0, 0.1) is 22.7 Å². The molecule has 0 amide bonds. The second kappa shape index (κ2) is 6.60. The van der Waals surface area contributed by atoms with Crippen molar-refractivity contribution >= 4 is 5.82 Å². The number of furan rings is 1. The molecule has 27 heavy (non-hydrogen) atoms.